The monoisotopic (exact) mass is 222 g/mol. The highest BCUT2D eigenvalue weighted by Crippen LogP contribution is 2.19. The minimum Gasteiger partial charge on any atom is -0.488 e. The molecule has 0 saturated heterocycles. The number of allylic oxidation sites excluding steroid dienone is 5. The van der Waals surface area contributed by atoms with Gasteiger partial charge in [0.25, 0.3) is 0 Å². The van der Waals surface area contributed by atoms with E-state index in [1.54, 1.807) is 12.2 Å². The maximum Gasteiger partial charge on any atom is 0.120 e. The fraction of sp³-hybridized carbons (Fsp3) is 0.467. The van der Waals surface area contributed by atoms with E-state index in [0.717, 1.165) is 12.2 Å². The number of ether oxygens (including phenoxy) is 1. The molecule has 1 heteroatoms. The third-order valence-electron chi connectivity index (χ3n) is 1.92. The average Bonchev–Trinajstić information content (AvgIpc) is 2.28. The van der Waals surface area contributed by atoms with Crippen LogP contribution in [0.25, 0.3) is 0 Å². The van der Waals surface area contributed by atoms with Crippen molar-refractivity contribution in [3.63, 3.8) is 0 Å². The molecule has 92 valence electrons. The number of hydrogen-bond donors (Lipinski definition) is 0. The van der Waals surface area contributed by atoms with E-state index in [9.17, 15) is 0 Å². The Morgan fingerprint density at radius 3 is 2.12 bits per heavy atom. The van der Waals surface area contributed by atoms with Crippen molar-refractivity contribution in [3.05, 3.63) is 49.3 Å². The molecule has 0 fully saturated rings. The van der Waals surface area contributed by atoms with E-state index >= 15 is 0 Å². The van der Waals surface area contributed by atoms with Crippen molar-refractivity contribution in [2.24, 2.45) is 0 Å². The maximum atomic E-state index is 5.78. The van der Waals surface area contributed by atoms with Crippen LogP contribution in [0.4, 0.5) is 0 Å². The molecule has 0 aliphatic rings. The molecule has 0 aliphatic heterocycles. The van der Waals surface area contributed by atoms with Gasteiger partial charge in [0.15, 0.2) is 0 Å². The van der Waals surface area contributed by atoms with Crippen LogP contribution in [0.15, 0.2) is 49.3 Å². The van der Waals surface area contributed by atoms with E-state index in [4.69, 9.17) is 4.74 Å². The zero-order valence-corrected chi connectivity index (χ0v) is 11.4. The quantitative estimate of drug-likeness (QED) is 0.452. The molecule has 0 amide bonds. The summed E-state index contributed by atoms with van der Waals surface area (Å²) in [6.45, 7) is 17.5. The highest BCUT2D eigenvalue weighted by molar-refractivity contribution is 5.20. The summed E-state index contributed by atoms with van der Waals surface area (Å²) in [4.78, 5) is 0. The van der Waals surface area contributed by atoms with Gasteiger partial charge in [-0.2, -0.15) is 0 Å². The van der Waals surface area contributed by atoms with E-state index < -0.39 is 0 Å². The Hall–Kier alpha value is -1.24. The van der Waals surface area contributed by atoms with Crippen LogP contribution >= 0.6 is 0 Å². The molecule has 0 bridgehead atoms. The second-order valence-corrected chi connectivity index (χ2v) is 3.61. The Morgan fingerprint density at radius 1 is 1.19 bits per heavy atom. The van der Waals surface area contributed by atoms with Crippen molar-refractivity contribution in [2.45, 2.75) is 46.6 Å². The van der Waals surface area contributed by atoms with Gasteiger partial charge in [0.1, 0.15) is 11.4 Å². The summed E-state index contributed by atoms with van der Waals surface area (Å²) in [5.74, 6) is 0.812. The fourth-order valence-corrected chi connectivity index (χ4v) is 0.794. The minimum atomic E-state index is -0.139. The summed E-state index contributed by atoms with van der Waals surface area (Å²) in [5.41, 5.74) is -0.139. The van der Waals surface area contributed by atoms with Gasteiger partial charge in [-0.15, -0.1) is 0 Å². The zero-order valence-electron chi connectivity index (χ0n) is 11.4. The Kier molecular flexibility index (Phi) is 11.0. The first-order valence-corrected chi connectivity index (χ1v) is 5.86. The largest absolute Gasteiger partial charge is 0.488 e. The molecule has 0 aliphatic carbocycles. The number of hydrogen-bond acceptors (Lipinski definition) is 1. The molecule has 0 radical (unpaired) electrons. The lowest BCUT2D eigenvalue weighted by atomic mass is 10.1. The molecule has 0 heterocycles. The molecule has 0 saturated carbocycles. The summed E-state index contributed by atoms with van der Waals surface area (Å²) in [5, 5.41) is 0. The molecule has 0 aromatic carbocycles. The third-order valence-corrected chi connectivity index (χ3v) is 1.92. The Balaban J connectivity index is 0. The highest BCUT2D eigenvalue weighted by Gasteiger charge is 2.16. The molecule has 1 nitrogen and oxygen atoms in total. The molecule has 0 unspecified atom stereocenters. The molecular weight excluding hydrogens is 196 g/mol. The van der Waals surface area contributed by atoms with Crippen LogP contribution in [0.2, 0.25) is 0 Å². The second kappa shape index (κ2) is 10.3. The predicted octanol–water partition coefficient (Wildman–Crippen LogP) is 5.03. The standard InChI is InChI=1S/C13H20O.C2H6/c1-6-9-11-12(10-7-2)14-13(4,5)8-3;1-2/h6-7,9-11H,1-2,8H2,3-5H3;1-2H3/b11-9-,12-10+;. The van der Waals surface area contributed by atoms with Gasteiger partial charge in [0.2, 0.25) is 0 Å². The maximum absolute atomic E-state index is 5.78. The summed E-state index contributed by atoms with van der Waals surface area (Å²) in [7, 11) is 0. The van der Waals surface area contributed by atoms with Crippen molar-refractivity contribution in [1.29, 1.82) is 0 Å². The molecule has 16 heavy (non-hydrogen) atoms. The van der Waals surface area contributed by atoms with Gasteiger partial charge in [-0.25, -0.2) is 0 Å². The Morgan fingerprint density at radius 2 is 1.75 bits per heavy atom. The normalized spacial score (nSPS) is 11.7. The van der Waals surface area contributed by atoms with E-state index in [1.165, 1.54) is 0 Å². The molecule has 0 aromatic rings. The summed E-state index contributed by atoms with van der Waals surface area (Å²) < 4.78 is 5.78. The molecule has 0 aromatic heterocycles. The molecule has 0 atom stereocenters. The SMILES string of the molecule is C=C/C=C\C(=C/C=C)OC(C)(C)CC.CC. The van der Waals surface area contributed by atoms with Crippen LogP contribution in [-0.2, 0) is 4.74 Å². The van der Waals surface area contributed by atoms with Crippen LogP contribution in [0.3, 0.4) is 0 Å². The van der Waals surface area contributed by atoms with Crippen LogP contribution in [0.5, 0.6) is 0 Å². The van der Waals surface area contributed by atoms with E-state index in [0.29, 0.717) is 0 Å². The average molecular weight is 222 g/mol. The minimum absolute atomic E-state index is 0.139. The second-order valence-electron chi connectivity index (χ2n) is 3.61. The van der Waals surface area contributed by atoms with Gasteiger partial charge in [0, 0.05) is 0 Å². The van der Waals surface area contributed by atoms with Crippen molar-refractivity contribution in [1.82, 2.24) is 0 Å². The first-order chi connectivity index (χ1) is 7.55. The topological polar surface area (TPSA) is 9.23 Å². The van der Waals surface area contributed by atoms with E-state index in [1.807, 2.05) is 32.1 Å². The van der Waals surface area contributed by atoms with Crippen LogP contribution in [0, 0.1) is 0 Å². The fourth-order valence-electron chi connectivity index (χ4n) is 0.794. The van der Waals surface area contributed by atoms with Gasteiger partial charge in [0.05, 0.1) is 0 Å². The highest BCUT2D eigenvalue weighted by atomic mass is 16.5. The summed E-state index contributed by atoms with van der Waals surface area (Å²) in [6, 6.07) is 0. The smallest absolute Gasteiger partial charge is 0.120 e. The van der Waals surface area contributed by atoms with Crippen molar-refractivity contribution in [2.75, 3.05) is 0 Å². The van der Waals surface area contributed by atoms with Crippen molar-refractivity contribution in [3.8, 4) is 0 Å². The van der Waals surface area contributed by atoms with Crippen molar-refractivity contribution < 1.29 is 4.74 Å². The van der Waals surface area contributed by atoms with Gasteiger partial charge in [-0.3, -0.25) is 0 Å². The first-order valence-electron chi connectivity index (χ1n) is 5.86. The van der Waals surface area contributed by atoms with Crippen molar-refractivity contribution >= 4 is 0 Å². The third kappa shape index (κ3) is 9.32. The molecule has 0 rings (SSSR count). The summed E-state index contributed by atoms with van der Waals surface area (Å²) >= 11 is 0. The van der Waals surface area contributed by atoms with Gasteiger partial charge in [-0.05, 0) is 32.4 Å². The van der Waals surface area contributed by atoms with Crippen LogP contribution in [0.1, 0.15) is 41.0 Å². The zero-order chi connectivity index (χ0) is 13.0. The van der Waals surface area contributed by atoms with Gasteiger partial charge < -0.3 is 4.74 Å². The van der Waals surface area contributed by atoms with Crippen LogP contribution in [-0.4, -0.2) is 5.60 Å². The van der Waals surface area contributed by atoms with E-state index in [-0.39, 0.29) is 5.60 Å². The molecule has 0 spiro atoms. The Bertz CT molecular complexity index is 244. The van der Waals surface area contributed by atoms with Gasteiger partial charge in [-0.1, -0.05) is 52.2 Å². The van der Waals surface area contributed by atoms with Gasteiger partial charge >= 0.3 is 0 Å². The molecular formula is C15H26O. The first kappa shape index (κ1) is 17.2. The Labute approximate surface area is 101 Å². The summed E-state index contributed by atoms with van der Waals surface area (Å²) in [6.07, 6.45) is 9.97. The van der Waals surface area contributed by atoms with Crippen LogP contribution < -0.4 is 0 Å². The lowest BCUT2D eigenvalue weighted by molar-refractivity contribution is 0.0388. The molecule has 0 N–H and O–H groups in total. The lowest BCUT2D eigenvalue weighted by Gasteiger charge is -2.25. The predicted molar refractivity (Wildman–Crippen MR) is 74.4 cm³/mol. The van der Waals surface area contributed by atoms with E-state index in [2.05, 4.69) is 33.9 Å². The lowest BCUT2D eigenvalue weighted by Crippen LogP contribution is -2.22. The number of rotatable bonds is 6.